The fraction of sp³-hybridized carbons (Fsp3) is 0.217. The van der Waals surface area contributed by atoms with E-state index in [2.05, 4.69) is 10.3 Å². The van der Waals surface area contributed by atoms with Gasteiger partial charge in [-0.3, -0.25) is 14.1 Å². The van der Waals surface area contributed by atoms with E-state index in [0.29, 0.717) is 16.5 Å². The summed E-state index contributed by atoms with van der Waals surface area (Å²) in [7, 11) is -2.39. The Bertz CT molecular complexity index is 1190. The number of halogens is 1. The molecule has 1 atom stereocenters. The predicted molar refractivity (Wildman–Crippen MR) is 127 cm³/mol. The molecule has 0 fully saturated rings. The molecule has 0 aliphatic rings. The van der Waals surface area contributed by atoms with Crippen LogP contribution >= 0.6 is 11.6 Å². The summed E-state index contributed by atoms with van der Waals surface area (Å²) in [5.74, 6) is -0.195. The lowest BCUT2D eigenvalue weighted by Gasteiger charge is -2.29. The maximum atomic E-state index is 12.9. The van der Waals surface area contributed by atoms with E-state index in [-0.39, 0.29) is 5.69 Å². The zero-order chi connectivity index (χ0) is 23.3. The molecule has 0 spiro atoms. The van der Waals surface area contributed by atoms with Gasteiger partial charge in [-0.25, -0.2) is 8.42 Å². The highest BCUT2D eigenvalue weighted by Crippen LogP contribution is 2.34. The first kappa shape index (κ1) is 23.6. The van der Waals surface area contributed by atoms with E-state index in [1.807, 2.05) is 24.3 Å². The van der Waals surface area contributed by atoms with Gasteiger partial charge in [-0.2, -0.15) is 0 Å². The largest absolute Gasteiger partial charge is 0.495 e. The van der Waals surface area contributed by atoms with E-state index in [9.17, 15) is 13.2 Å². The molecule has 2 aromatic carbocycles. The van der Waals surface area contributed by atoms with Gasteiger partial charge in [0.25, 0.3) is 0 Å². The fourth-order valence-corrected chi connectivity index (χ4v) is 4.64. The number of nitrogens with zero attached hydrogens (tertiary/aromatic N) is 2. The zero-order valence-electron chi connectivity index (χ0n) is 17.9. The molecule has 1 N–H and O–H groups in total. The molecule has 0 unspecified atom stereocenters. The number of pyridine rings is 1. The molecule has 9 heteroatoms. The van der Waals surface area contributed by atoms with Crippen molar-refractivity contribution in [2.24, 2.45) is 0 Å². The number of rotatable bonds is 8. The maximum absolute atomic E-state index is 12.9. The number of benzene rings is 2. The van der Waals surface area contributed by atoms with Gasteiger partial charge in [0.05, 0.1) is 19.1 Å². The Morgan fingerprint density at radius 3 is 2.31 bits per heavy atom. The average Bonchev–Trinajstić information content (AvgIpc) is 2.75. The topological polar surface area (TPSA) is 88.6 Å². The molecular formula is C23H24ClN3O4S. The Hall–Kier alpha value is -3.10. The molecule has 7 nitrogen and oxygen atoms in total. The van der Waals surface area contributed by atoms with E-state index >= 15 is 0 Å². The number of hydrogen-bond donors (Lipinski definition) is 1. The van der Waals surface area contributed by atoms with Crippen LogP contribution in [0.4, 0.5) is 11.4 Å². The van der Waals surface area contributed by atoms with Crippen molar-refractivity contribution >= 4 is 38.9 Å². The van der Waals surface area contributed by atoms with Crippen molar-refractivity contribution in [3.63, 3.8) is 0 Å². The molecule has 0 radical (unpaired) electrons. The molecule has 0 aliphatic carbocycles. The molecule has 168 valence electrons. The second-order valence-electron chi connectivity index (χ2n) is 7.27. The molecule has 0 saturated carbocycles. The number of hydrogen-bond acceptors (Lipinski definition) is 5. The van der Waals surface area contributed by atoms with Crippen molar-refractivity contribution in [1.29, 1.82) is 0 Å². The predicted octanol–water partition coefficient (Wildman–Crippen LogP) is 4.13. The lowest BCUT2D eigenvalue weighted by Crippen LogP contribution is -2.45. The SMILES string of the molecule is COc1ccc(Cl)cc1N([C@@H](C)C(=O)Nc1ccc(Cc2ccncc2)cc1)S(C)(=O)=O. The van der Waals surface area contributed by atoms with Gasteiger partial charge in [0.2, 0.25) is 15.9 Å². The van der Waals surface area contributed by atoms with E-state index in [1.54, 1.807) is 36.7 Å². The molecule has 1 aromatic heterocycles. The second kappa shape index (κ2) is 10.0. The van der Waals surface area contributed by atoms with Crippen molar-refractivity contribution in [2.75, 3.05) is 23.0 Å². The van der Waals surface area contributed by atoms with Crippen LogP contribution in [-0.4, -0.2) is 38.7 Å². The highest BCUT2D eigenvalue weighted by Gasteiger charge is 2.31. The quantitative estimate of drug-likeness (QED) is 0.531. The van der Waals surface area contributed by atoms with Crippen molar-refractivity contribution in [3.05, 3.63) is 83.1 Å². The third-order valence-electron chi connectivity index (χ3n) is 4.85. The first-order valence-electron chi connectivity index (χ1n) is 9.80. The molecule has 1 heterocycles. The van der Waals surface area contributed by atoms with E-state index in [4.69, 9.17) is 16.3 Å². The Morgan fingerprint density at radius 2 is 1.72 bits per heavy atom. The van der Waals surface area contributed by atoms with Crippen LogP contribution < -0.4 is 14.4 Å². The highest BCUT2D eigenvalue weighted by molar-refractivity contribution is 7.92. The smallest absolute Gasteiger partial charge is 0.247 e. The first-order valence-corrected chi connectivity index (χ1v) is 12.0. The molecule has 3 rings (SSSR count). The van der Waals surface area contributed by atoms with E-state index < -0.39 is 22.0 Å². The number of nitrogens with one attached hydrogen (secondary N) is 1. The number of ether oxygens (including phenoxy) is 1. The van der Waals surface area contributed by atoms with Crippen LogP contribution in [0.2, 0.25) is 5.02 Å². The fourth-order valence-electron chi connectivity index (χ4n) is 3.31. The Kier molecular flexibility index (Phi) is 7.37. The minimum absolute atomic E-state index is 0.192. The van der Waals surface area contributed by atoms with Crippen LogP contribution in [0.15, 0.2) is 67.0 Å². The average molecular weight is 474 g/mol. The Balaban J connectivity index is 1.79. The van der Waals surface area contributed by atoms with Crippen LogP contribution in [0.1, 0.15) is 18.1 Å². The minimum Gasteiger partial charge on any atom is -0.495 e. The van der Waals surface area contributed by atoms with Crippen molar-refractivity contribution in [1.82, 2.24) is 4.98 Å². The van der Waals surface area contributed by atoms with Gasteiger partial charge >= 0.3 is 0 Å². The normalized spacial score (nSPS) is 12.1. The number of amides is 1. The summed E-state index contributed by atoms with van der Waals surface area (Å²) >= 11 is 6.07. The number of methoxy groups -OCH3 is 1. The summed E-state index contributed by atoms with van der Waals surface area (Å²) in [6.45, 7) is 1.51. The summed E-state index contributed by atoms with van der Waals surface area (Å²) in [5, 5.41) is 3.10. The summed E-state index contributed by atoms with van der Waals surface area (Å²) in [6, 6.07) is 14.8. The second-order valence-corrected chi connectivity index (χ2v) is 9.57. The molecule has 0 bridgehead atoms. The summed E-state index contributed by atoms with van der Waals surface area (Å²) in [5.41, 5.74) is 2.96. The summed E-state index contributed by atoms with van der Waals surface area (Å²) < 4.78 is 31.4. The van der Waals surface area contributed by atoms with Gasteiger partial charge in [-0.15, -0.1) is 0 Å². The molecule has 3 aromatic rings. The zero-order valence-corrected chi connectivity index (χ0v) is 19.5. The molecule has 0 saturated heterocycles. The number of carbonyl (C=O) groups excluding carboxylic acids is 1. The van der Waals surface area contributed by atoms with Crippen molar-refractivity contribution in [3.8, 4) is 5.75 Å². The van der Waals surface area contributed by atoms with Gasteiger partial charge < -0.3 is 10.1 Å². The minimum atomic E-state index is -3.82. The molecular weight excluding hydrogens is 450 g/mol. The number of carbonyl (C=O) groups is 1. The van der Waals surface area contributed by atoms with E-state index in [0.717, 1.165) is 28.1 Å². The number of sulfonamides is 1. The lowest BCUT2D eigenvalue weighted by molar-refractivity contribution is -0.116. The van der Waals surface area contributed by atoms with Gasteiger partial charge in [0, 0.05) is 23.1 Å². The number of aromatic nitrogens is 1. The van der Waals surface area contributed by atoms with Gasteiger partial charge in [-0.05, 0) is 66.9 Å². The number of anilines is 2. The van der Waals surface area contributed by atoms with Crippen LogP contribution in [0.25, 0.3) is 0 Å². The third kappa shape index (κ3) is 5.77. The van der Waals surface area contributed by atoms with Crippen molar-refractivity contribution in [2.45, 2.75) is 19.4 Å². The Labute approximate surface area is 193 Å². The van der Waals surface area contributed by atoms with Crippen LogP contribution in [0, 0.1) is 0 Å². The molecule has 32 heavy (non-hydrogen) atoms. The molecule has 1 amide bonds. The van der Waals surface area contributed by atoms with Crippen molar-refractivity contribution < 1.29 is 17.9 Å². The summed E-state index contributed by atoms with van der Waals surface area (Å²) in [6.07, 6.45) is 5.26. The van der Waals surface area contributed by atoms with Crippen LogP contribution in [0.3, 0.4) is 0 Å². The monoisotopic (exact) mass is 473 g/mol. The maximum Gasteiger partial charge on any atom is 0.247 e. The van der Waals surface area contributed by atoms with E-state index in [1.165, 1.54) is 20.1 Å². The molecule has 0 aliphatic heterocycles. The summed E-state index contributed by atoms with van der Waals surface area (Å²) in [4.78, 5) is 16.9. The first-order chi connectivity index (χ1) is 15.2. The van der Waals surface area contributed by atoms with Gasteiger partial charge in [0.15, 0.2) is 0 Å². The van der Waals surface area contributed by atoms with Gasteiger partial charge in [0.1, 0.15) is 11.8 Å². The van der Waals surface area contributed by atoms with Crippen LogP contribution in [0.5, 0.6) is 5.75 Å². The lowest BCUT2D eigenvalue weighted by atomic mass is 10.1. The van der Waals surface area contributed by atoms with Gasteiger partial charge in [-0.1, -0.05) is 23.7 Å². The van der Waals surface area contributed by atoms with Crippen LogP contribution in [-0.2, 0) is 21.2 Å². The Morgan fingerprint density at radius 1 is 1.09 bits per heavy atom. The third-order valence-corrected chi connectivity index (χ3v) is 6.31. The standard InChI is InChI=1S/C23H24ClN3O4S/c1-16(27(32(3,29)30)21-15-19(24)6-9-22(21)31-2)23(28)26-20-7-4-17(5-8-20)14-18-10-12-25-13-11-18/h4-13,15-16H,14H2,1-3H3,(H,26,28)/t16-/m0/s1. The highest BCUT2D eigenvalue weighted by atomic mass is 35.5.